The molecule has 0 bridgehead atoms. The molecule has 0 spiro atoms. The van der Waals surface area contributed by atoms with E-state index in [0.29, 0.717) is 0 Å². The largest absolute Gasteiger partial charge is 0.488 e. The van der Waals surface area contributed by atoms with E-state index in [0.717, 1.165) is 30.7 Å². The molecule has 0 saturated carbocycles. The molecule has 0 amide bonds. The summed E-state index contributed by atoms with van der Waals surface area (Å²) in [6.45, 7) is 3.15. The number of furan rings is 1. The molecule has 19 heavy (non-hydrogen) atoms. The molecule has 2 heterocycles. The molecule has 2 aromatic rings. The smallest absolute Gasteiger partial charge is 0.123 e. The minimum absolute atomic E-state index is 0.140. The molecule has 1 aliphatic heterocycles. The van der Waals surface area contributed by atoms with Gasteiger partial charge in [-0.1, -0.05) is 25.1 Å². The van der Waals surface area contributed by atoms with Crippen LogP contribution in [0.5, 0.6) is 5.75 Å². The second kappa shape index (κ2) is 5.49. The third-order valence-electron chi connectivity index (χ3n) is 3.56. The van der Waals surface area contributed by atoms with Gasteiger partial charge in [-0.15, -0.1) is 0 Å². The molecule has 0 aliphatic carbocycles. The summed E-state index contributed by atoms with van der Waals surface area (Å²) in [5, 5.41) is 3.56. The Morgan fingerprint density at radius 2 is 2.21 bits per heavy atom. The van der Waals surface area contributed by atoms with Crippen molar-refractivity contribution in [3.05, 3.63) is 54.0 Å². The van der Waals surface area contributed by atoms with Gasteiger partial charge in [-0.2, -0.15) is 0 Å². The van der Waals surface area contributed by atoms with Gasteiger partial charge in [0.2, 0.25) is 0 Å². The highest BCUT2D eigenvalue weighted by Gasteiger charge is 2.31. The van der Waals surface area contributed by atoms with Gasteiger partial charge in [-0.05, 0) is 30.7 Å². The van der Waals surface area contributed by atoms with Crippen LogP contribution in [0.15, 0.2) is 47.3 Å². The van der Waals surface area contributed by atoms with Gasteiger partial charge in [-0.3, -0.25) is 0 Å². The Hall–Kier alpha value is -1.74. The van der Waals surface area contributed by atoms with Crippen molar-refractivity contribution in [2.75, 3.05) is 6.54 Å². The Morgan fingerprint density at radius 1 is 1.32 bits per heavy atom. The average Bonchev–Trinajstić information content (AvgIpc) is 3.08. The molecule has 1 N–H and O–H groups in total. The number of rotatable bonds is 5. The van der Waals surface area contributed by atoms with Gasteiger partial charge in [0.15, 0.2) is 0 Å². The zero-order valence-corrected chi connectivity index (χ0v) is 11.1. The number of hydrogen-bond acceptors (Lipinski definition) is 3. The molecule has 1 aromatic heterocycles. The van der Waals surface area contributed by atoms with Crippen molar-refractivity contribution in [3.8, 4) is 5.75 Å². The number of ether oxygens (including phenoxy) is 1. The molecule has 2 atom stereocenters. The van der Waals surface area contributed by atoms with Crippen LogP contribution in [0.25, 0.3) is 0 Å². The predicted molar refractivity (Wildman–Crippen MR) is 74.3 cm³/mol. The van der Waals surface area contributed by atoms with Crippen LogP contribution in [-0.2, 0) is 6.42 Å². The Morgan fingerprint density at radius 3 is 2.95 bits per heavy atom. The van der Waals surface area contributed by atoms with Gasteiger partial charge in [0.1, 0.15) is 11.9 Å². The Bertz CT molecular complexity index is 496. The van der Waals surface area contributed by atoms with Crippen LogP contribution in [-0.4, -0.2) is 12.6 Å². The monoisotopic (exact) mass is 257 g/mol. The summed E-state index contributed by atoms with van der Waals surface area (Å²) in [5.74, 6) is 1.01. The lowest BCUT2D eigenvalue weighted by atomic mass is 10.00. The summed E-state index contributed by atoms with van der Waals surface area (Å²) in [6, 6.07) is 10.5. The fourth-order valence-corrected chi connectivity index (χ4v) is 2.61. The molecule has 0 saturated heterocycles. The topological polar surface area (TPSA) is 34.4 Å². The van der Waals surface area contributed by atoms with Crippen LogP contribution < -0.4 is 10.1 Å². The Labute approximate surface area is 113 Å². The van der Waals surface area contributed by atoms with Crippen molar-refractivity contribution in [3.63, 3.8) is 0 Å². The summed E-state index contributed by atoms with van der Waals surface area (Å²) in [7, 11) is 0. The second-order valence-corrected chi connectivity index (χ2v) is 4.96. The lowest BCUT2D eigenvalue weighted by Crippen LogP contribution is -2.35. The van der Waals surface area contributed by atoms with E-state index in [1.807, 2.05) is 18.2 Å². The van der Waals surface area contributed by atoms with Crippen LogP contribution in [0, 0.1) is 0 Å². The predicted octanol–water partition coefficient (Wildman–Crippen LogP) is 3.32. The van der Waals surface area contributed by atoms with Crippen molar-refractivity contribution in [1.29, 1.82) is 0 Å². The zero-order chi connectivity index (χ0) is 13.1. The van der Waals surface area contributed by atoms with E-state index in [1.54, 1.807) is 12.5 Å². The third kappa shape index (κ3) is 2.51. The standard InChI is InChI=1S/C16H19NO2/c1-2-8-17-16(13-7-9-18-11-13)15-10-12-5-3-4-6-14(12)19-15/h3-7,9,11,15-17H,2,8,10H2,1H3. The summed E-state index contributed by atoms with van der Waals surface area (Å²) in [6.07, 6.45) is 5.72. The third-order valence-corrected chi connectivity index (χ3v) is 3.56. The van der Waals surface area contributed by atoms with Crippen molar-refractivity contribution in [2.45, 2.75) is 31.9 Å². The zero-order valence-electron chi connectivity index (χ0n) is 11.1. The van der Waals surface area contributed by atoms with E-state index >= 15 is 0 Å². The lowest BCUT2D eigenvalue weighted by molar-refractivity contribution is 0.178. The van der Waals surface area contributed by atoms with Crippen molar-refractivity contribution >= 4 is 0 Å². The van der Waals surface area contributed by atoms with Crippen molar-refractivity contribution in [1.82, 2.24) is 5.32 Å². The molecular weight excluding hydrogens is 238 g/mol. The van der Waals surface area contributed by atoms with Gasteiger partial charge < -0.3 is 14.5 Å². The van der Waals surface area contributed by atoms with Gasteiger partial charge >= 0.3 is 0 Å². The second-order valence-electron chi connectivity index (χ2n) is 4.96. The van der Waals surface area contributed by atoms with Crippen LogP contribution in [0.4, 0.5) is 0 Å². The molecular formula is C16H19NO2. The SMILES string of the molecule is CCCNC(c1ccoc1)C1Cc2ccccc2O1. The van der Waals surface area contributed by atoms with Gasteiger partial charge in [0.05, 0.1) is 18.6 Å². The Kier molecular flexibility index (Phi) is 3.56. The number of nitrogens with one attached hydrogen (secondary N) is 1. The highest BCUT2D eigenvalue weighted by molar-refractivity contribution is 5.38. The van der Waals surface area contributed by atoms with Crippen LogP contribution in [0.2, 0.25) is 0 Å². The summed E-state index contributed by atoms with van der Waals surface area (Å²) in [4.78, 5) is 0. The fourth-order valence-electron chi connectivity index (χ4n) is 2.61. The first-order valence-electron chi connectivity index (χ1n) is 6.88. The molecule has 100 valence electrons. The van der Waals surface area contributed by atoms with E-state index in [-0.39, 0.29) is 12.1 Å². The minimum Gasteiger partial charge on any atom is -0.488 e. The highest BCUT2D eigenvalue weighted by atomic mass is 16.5. The molecule has 0 fully saturated rings. The first kappa shape index (κ1) is 12.3. The number of benzene rings is 1. The Balaban J connectivity index is 1.79. The van der Waals surface area contributed by atoms with Crippen LogP contribution in [0.3, 0.4) is 0 Å². The van der Waals surface area contributed by atoms with Gasteiger partial charge in [0.25, 0.3) is 0 Å². The van der Waals surface area contributed by atoms with Crippen LogP contribution in [0.1, 0.15) is 30.5 Å². The maximum Gasteiger partial charge on any atom is 0.123 e. The number of para-hydroxylation sites is 1. The molecule has 3 nitrogen and oxygen atoms in total. The maximum absolute atomic E-state index is 6.09. The average molecular weight is 257 g/mol. The van der Waals surface area contributed by atoms with E-state index in [9.17, 15) is 0 Å². The molecule has 3 heteroatoms. The lowest BCUT2D eigenvalue weighted by Gasteiger charge is -2.23. The fraction of sp³-hybridized carbons (Fsp3) is 0.375. The first-order chi connectivity index (χ1) is 9.38. The van der Waals surface area contributed by atoms with E-state index < -0.39 is 0 Å². The quantitative estimate of drug-likeness (QED) is 0.892. The first-order valence-corrected chi connectivity index (χ1v) is 6.88. The van der Waals surface area contributed by atoms with Crippen LogP contribution >= 0.6 is 0 Å². The van der Waals surface area contributed by atoms with Crippen molar-refractivity contribution < 1.29 is 9.15 Å². The molecule has 0 radical (unpaired) electrons. The molecule has 2 unspecified atom stereocenters. The molecule has 1 aliphatic rings. The van der Waals surface area contributed by atoms with Gasteiger partial charge in [0, 0.05) is 12.0 Å². The summed E-state index contributed by atoms with van der Waals surface area (Å²) < 4.78 is 11.3. The number of fused-ring (bicyclic) bond motifs is 1. The maximum atomic E-state index is 6.09. The van der Waals surface area contributed by atoms with E-state index in [1.165, 1.54) is 5.56 Å². The van der Waals surface area contributed by atoms with E-state index in [4.69, 9.17) is 9.15 Å². The summed E-state index contributed by atoms with van der Waals surface area (Å²) >= 11 is 0. The summed E-state index contributed by atoms with van der Waals surface area (Å²) in [5.41, 5.74) is 2.45. The van der Waals surface area contributed by atoms with Crippen molar-refractivity contribution in [2.24, 2.45) is 0 Å². The minimum atomic E-state index is 0.140. The van der Waals surface area contributed by atoms with E-state index in [2.05, 4.69) is 24.4 Å². The number of hydrogen-bond donors (Lipinski definition) is 1. The highest BCUT2D eigenvalue weighted by Crippen LogP contribution is 2.34. The molecule has 3 rings (SSSR count). The molecule has 1 aromatic carbocycles. The van der Waals surface area contributed by atoms with Gasteiger partial charge in [-0.25, -0.2) is 0 Å². The normalized spacial score (nSPS) is 18.9.